The average molecular weight is 504 g/mol. The number of methoxy groups -OCH3 is 2. The minimum atomic E-state index is -0.822. The summed E-state index contributed by atoms with van der Waals surface area (Å²) in [7, 11) is 3.01. The van der Waals surface area contributed by atoms with Crippen molar-refractivity contribution < 1.29 is 23.9 Å². The van der Waals surface area contributed by atoms with Gasteiger partial charge in [-0.3, -0.25) is 19.3 Å². The zero-order valence-corrected chi connectivity index (χ0v) is 21.2. The van der Waals surface area contributed by atoms with Gasteiger partial charge in [0.2, 0.25) is 5.91 Å². The molecule has 0 bridgehead atoms. The number of benzene rings is 1. The number of ether oxygens (including phenoxy) is 2. The zero-order chi connectivity index (χ0) is 25.5. The maximum atomic E-state index is 13.9. The van der Waals surface area contributed by atoms with Crippen LogP contribution < -0.4 is 31.2 Å². The molecule has 0 aliphatic heterocycles. The molecule has 1 aromatic heterocycles. The lowest BCUT2D eigenvalue weighted by Gasteiger charge is -2.32. The van der Waals surface area contributed by atoms with Crippen molar-refractivity contribution in [3.8, 4) is 11.5 Å². The number of rotatable bonds is 11. The molecule has 0 spiro atoms. The molecule has 11 heteroatoms. The minimum absolute atomic E-state index is 0.0451. The Morgan fingerprint density at radius 1 is 1.20 bits per heavy atom. The van der Waals surface area contributed by atoms with E-state index in [4.69, 9.17) is 20.9 Å². The van der Waals surface area contributed by atoms with Gasteiger partial charge >= 0.3 is 0 Å². The summed E-state index contributed by atoms with van der Waals surface area (Å²) in [4.78, 5) is 40.6. The number of anilines is 2. The van der Waals surface area contributed by atoms with E-state index in [2.05, 4.69) is 9.69 Å². The van der Waals surface area contributed by atoms with Crippen LogP contribution in [-0.2, 0) is 4.79 Å². The van der Waals surface area contributed by atoms with Crippen molar-refractivity contribution >= 4 is 40.6 Å². The number of hydrogen-bond donors (Lipinski definition) is 3. The van der Waals surface area contributed by atoms with E-state index in [1.807, 2.05) is 6.92 Å². The topological polar surface area (TPSA) is 150 Å². The van der Waals surface area contributed by atoms with Crippen molar-refractivity contribution in [3.63, 3.8) is 0 Å². The van der Waals surface area contributed by atoms with Gasteiger partial charge in [-0.15, -0.1) is 0 Å². The highest BCUT2D eigenvalue weighted by atomic mass is 32.1. The van der Waals surface area contributed by atoms with Crippen molar-refractivity contribution in [2.24, 2.45) is 5.73 Å². The number of nitrogens with two attached hydrogens (primary N) is 2. The fourth-order valence-electron chi connectivity index (χ4n) is 4.29. The number of aromatic nitrogens is 1. The van der Waals surface area contributed by atoms with Crippen LogP contribution in [-0.4, -0.2) is 48.4 Å². The van der Waals surface area contributed by atoms with Crippen LogP contribution in [0.2, 0.25) is 0 Å². The summed E-state index contributed by atoms with van der Waals surface area (Å²) in [5, 5.41) is 3.13. The van der Waals surface area contributed by atoms with E-state index >= 15 is 0 Å². The molecule has 5 N–H and O–H groups in total. The summed E-state index contributed by atoms with van der Waals surface area (Å²) in [5.41, 5.74) is 11.6. The third-order valence-corrected chi connectivity index (χ3v) is 7.02. The zero-order valence-electron chi connectivity index (χ0n) is 20.3. The van der Waals surface area contributed by atoms with Crippen molar-refractivity contribution in [1.29, 1.82) is 0 Å². The van der Waals surface area contributed by atoms with Gasteiger partial charge in [0, 0.05) is 17.8 Å². The second-order valence-corrected chi connectivity index (χ2v) is 9.27. The second kappa shape index (κ2) is 11.9. The van der Waals surface area contributed by atoms with Crippen LogP contribution in [0.5, 0.6) is 11.5 Å². The molecule has 1 saturated carbocycles. The summed E-state index contributed by atoms with van der Waals surface area (Å²) >= 11 is 0.784. The molecular formula is C24H33N5O5S. The number of nitrogen functional groups attached to an aromatic ring is 1. The molecule has 3 rings (SSSR count). The quantitative estimate of drug-likeness (QED) is 0.426. The lowest BCUT2D eigenvalue weighted by Crippen LogP contribution is -2.51. The molecule has 1 fully saturated rings. The molecular weight excluding hydrogens is 470 g/mol. The van der Waals surface area contributed by atoms with Crippen LogP contribution in [0, 0.1) is 0 Å². The molecule has 35 heavy (non-hydrogen) atoms. The third-order valence-electron chi connectivity index (χ3n) is 6.17. The summed E-state index contributed by atoms with van der Waals surface area (Å²) < 4.78 is 14.8. The molecule has 0 unspecified atom stereocenters. The highest BCUT2D eigenvalue weighted by Crippen LogP contribution is 2.35. The smallest absolute Gasteiger partial charge is 0.272 e. The Labute approximate surface area is 209 Å². The highest BCUT2D eigenvalue weighted by molar-refractivity contribution is 7.09. The molecule has 3 amide bonds. The van der Waals surface area contributed by atoms with Crippen molar-refractivity contribution in [2.45, 2.75) is 64.0 Å². The number of carbonyl (C=O) groups excluding carboxylic acids is 3. The highest BCUT2D eigenvalue weighted by Gasteiger charge is 2.36. The van der Waals surface area contributed by atoms with Gasteiger partial charge in [-0.25, -0.2) is 0 Å². The standard InChI is InChI=1S/C24H33N5O5S/c1-4-5-10-16(23(31)27-14-8-6-7-9-14)29(15-11-12-17(33-2)18(13-15)34-3)24(32)21-19(25)20(22(26)30)28-35-21/h11-14,16H,4-10,25H2,1-3H3,(H2,26,30)(H,27,31)/t16-/m0/s1. The Hall–Kier alpha value is -3.34. The molecule has 0 radical (unpaired) electrons. The maximum Gasteiger partial charge on any atom is 0.272 e. The molecule has 1 aliphatic rings. The van der Waals surface area contributed by atoms with Gasteiger partial charge in [-0.2, -0.15) is 4.37 Å². The Balaban J connectivity index is 2.09. The lowest BCUT2D eigenvalue weighted by molar-refractivity contribution is -0.123. The number of unbranched alkanes of at least 4 members (excludes halogenated alkanes) is 1. The summed E-state index contributed by atoms with van der Waals surface area (Å²) in [5.74, 6) is -0.702. The SMILES string of the molecule is CCCC[C@@H](C(=O)NC1CCCC1)N(C(=O)c1snc(C(N)=O)c1N)c1ccc(OC)c(OC)c1. The fraction of sp³-hybridized carbons (Fsp3) is 0.500. The van der Waals surface area contributed by atoms with Crippen LogP contribution in [0.25, 0.3) is 0 Å². The van der Waals surface area contributed by atoms with Gasteiger partial charge in [-0.1, -0.05) is 32.6 Å². The summed E-state index contributed by atoms with van der Waals surface area (Å²) in [6, 6.07) is 4.28. The first-order valence-electron chi connectivity index (χ1n) is 11.7. The van der Waals surface area contributed by atoms with E-state index in [9.17, 15) is 14.4 Å². The first-order valence-corrected chi connectivity index (χ1v) is 12.5. The number of nitrogens with zero attached hydrogens (tertiary/aromatic N) is 2. The second-order valence-electron chi connectivity index (χ2n) is 8.50. The molecule has 1 atom stereocenters. The van der Waals surface area contributed by atoms with E-state index in [1.165, 1.54) is 19.1 Å². The predicted octanol–water partition coefficient (Wildman–Crippen LogP) is 3.11. The number of hydrogen-bond acceptors (Lipinski definition) is 8. The number of amides is 3. The molecule has 10 nitrogen and oxygen atoms in total. The molecule has 1 heterocycles. The van der Waals surface area contributed by atoms with E-state index in [1.54, 1.807) is 18.2 Å². The molecule has 0 saturated heterocycles. The third kappa shape index (κ3) is 5.84. The van der Waals surface area contributed by atoms with Gasteiger partial charge in [0.25, 0.3) is 11.8 Å². The number of carbonyl (C=O) groups is 3. The molecule has 2 aromatic rings. The minimum Gasteiger partial charge on any atom is -0.493 e. The molecule has 1 aliphatic carbocycles. The van der Waals surface area contributed by atoms with Gasteiger partial charge < -0.3 is 26.3 Å². The van der Waals surface area contributed by atoms with Gasteiger partial charge in [-0.05, 0) is 42.9 Å². The first kappa shape index (κ1) is 26.3. The lowest BCUT2D eigenvalue weighted by atomic mass is 10.0. The largest absolute Gasteiger partial charge is 0.493 e. The van der Waals surface area contributed by atoms with Crippen molar-refractivity contribution in [3.05, 3.63) is 28.8 Å². The molecule has 1 aromatic carbocycles. The Morgan fingerprint density at radius 3 is 2.46 bits per heavy atom. The average Bonchev–Trinajstić information content (AvgIpc) is 3.50. The monoisotopic (exact) mass is 503 g/mol. The Bertz CT molecular complexity index is 1070. The predicted molar refractivity (Wildman–Crippen MR) is 135 cm³/mol. The Morgan fingerprint density at radius 2 is 1.89 bits per heavy atom. The van der Waals surface area contributed by atoms with Crippen LogP contribution in [0.3, 0.4) is 0 Å². The van der Waals surface area contributed by atoms with E-state index in [0.29, 0.717) is 23.6 Å². The van der Waals surface area contributed by atoms with Crippen LogP contribution >= 0.6 is 11.5 Å². The van der Waals surface area contributed by atoms with Gasteiger partial charge in [0.15, 0.2) is 17.2 Å². The first-order chi connectivity index (χ1) is 16.8. The van der Waals surface area contributed by atoms with Crippen LogP contribution in [0.4, 0.5) is 11.4 Å². The Kier molecular flexibility index (Phi) is 8.91. The van der Waals surface area contributed by atoms with E-state index < -0.39 is 17.9 Å². The number of nitrogens with one attached hydrogen (secondary N) is 1. The maximum absolute atomic E-state index is 13.9. The number of primary amides is 1. The van der Waals surface area contributed by atoms with E-state index in [0.717, 1.165) is 50.1 Å². The summed E-state index contributed by atoms with van der Waals surface area (Å²) in [6.45, 7) is 2.02. The van der Waals surface area contributed by atoms with Crippen molar-refractivity contribution in [1.82, 2.24) is 9.69 Å². The fourth-order valence-corrected chi connectivity index (χ4v) is 5.04. The van der Waals surface area contributed by atoms with Gasteiger partial charge in [0.1, 0.15) is 10.9 Å². The van der Waals surface area contributed by atoms with Crippen molar-refractivity contribution in [2.75, 3.05) is 24.9 Å². The normalized spacial score (nSPS) is 14.4. The molecule has 190 valence electrons. The van der Waals surface area contributed by atoms with Crippen LogP contribution in [0.1, 0.15) is 72.0 Å². The van der Waals surface area contributed by atoms with E-state index in [-0.39, 0.29) is 28.2 Å². The van der Waals surface area contributed by atoms with Gasteiger partial charge in [0.05, 0.1) is 19.9 Å². The summed E-state index contributed by atoms with van der Waals surface area (Å²) in [6.07, 6.45) is 5.98. The van der Waals surface area contributed by atoms with Crippen LogP contribution in [0.15, 0.2) is 18.2 Å².